The van der Waals surface area contributed by atoms with E-state index < -0.39 is 72.9 Å². The fraction of sp³-hybridized carbons (Fsp3) is 0.414. The Morgan fingerprint density at radius 2 is 1.64 bits per heavy atom. The van der Waals surface area contributed by atoms with Crippen LogP contribution in [-0.4, -0.2) is 125 Å². The number of hydrogen-bond donors (Lipinski definition) is 2. The number of aliphatic carboxylic acids is 1. The van der Waals surface area contributed by atoms with E-state index >= 15 is 0 Å². The fourth-order valence-electron chi connectivity index (χ4n) is 5.18. The number of methoxy groups -OCH3 is 1. The van der Waals surface area contributed by atoms with Gasteiger partial charge in [0.15, 0.2) is 0 Å². The second-order valence-corrected chi connectivity index (χ2v) is 10.3. The number of esters is 1. The van der Waals surface area contributed by atoms with Gasteiger partial charge in [-0.1, -0.05) is 0 Å². The highest BCUT2D eigenvalue weighted by molar-refractivity contribution is 6.01. The van der Waals surface area contributed by atoms with Gasteiger partial charge in [0.2, 0.25) is 17.7 Å². The average molecular weight is 649 g/mol. The number of pyridine rings is 1. The van der Waals surface area contributed by atoms with Crippen LogP contribution >= 0.6 is 12.4 Å². The molecule has 0 radical (unpaired) electrons. The van der Waals surface area contributed by atoms with Gasteiger partial charge in [0.1, 0.15) is 24.4 Å². The van der Waals surface area contributed by atoms with Crippen LogP contribution in [0.1, 0.15) is 23.2 Å². The van der Waals surface area contributed by atoms with Crippen LogP contribution in [0.3, 0.4) is 0 Å². The molecule has 2 aromatic rings. The lowest BCUT2D eigenvalue weighted by Crippen LogP contribution is -2.63. The minimum absolute atomic E-state index is 0. The molecule has 2 aliphatic rings. The number of amides is 4. The summed E-state index contributed by atoms with van der Waals surface area (Å²) in [5.74, 6) is -5.40. The van der Waals surface area contributed by atoms with Crippen molar-refractivity contribution in [1.82, 2.24) is 25.0 Å². The molecule has 4 amide bonds. The van der Waals surface area contributed by atoms with Crippen molar-refractivity contribution in [2.75, 3.05) is 57.8 Å². The molecule has 2 N–H and O–H groups in total. The smallest absolute Gasteiger partial charge is 0.323 e. The van der Waals surface area contributed by atoms with Crippen molar-refractivity contribution < 1.29 is 43.0 Å². The van der Waals surface area contributed by atoms with Crippen molar-refractivity contribution in [2.45, 2.75) is 24.9 Å². The number of rotatable bonds is 10. The molecular weight excluding hydrogens is 615 g/mol. The number of benzene rings is 1. The van der Waals surface area contributed by atoms with Gasteiger partial charge in [-0.25, -0.2) is 4.39 Å². The molecular formula is C29H34ClFN6O8. The number of nitrogens with zero attached hydrogens (tertiary/aromatic N) is 5. The van der Waals surface area contributed by atoms with Gasteiger partial charge < -0.3 is 34.8 Å². The first-order valence-electron chi connectivity index (χ1n) is 13.9. The lowest BCUT2D eigenvalue weighted by molar-refractivity contribution is -0.159. The second-order valence-electron chi connectivity index (χ2n) is 10.3. The predicted molar refractivity (Wildman–Crippen MR) is 159 cm³/mol. The Bertz CT molecular complexity index is 1390. The maximum atomic E-state index is 14.0. The third kappa shape index (κ3) is 8.88. The number of halogens is 2. The number of piperazine rings is 2. The van der Waals surface area contributed by atoms with Gasteiger partial charge in [-0.05, 0) is 36.4 Å². The van der Waals surface area contributed by atoms with E-state index in [1.54, 1.807) is 17.3 Å². The molecule has 2 fully saturated rings. The van der Waals surface area contributed by atoms with E-state index in [2.05, 4.69) is 15.2 Å². The van der Waals surface area contributed by atoms with Crippen LogP contribution in [0.15, 0.2) is 48.8 Å². The van der Waals surface area contributed by atoms with Crippen LogP contribution in [0.25, 0.3) is 0 Å². The first kappa shape index (κ1) is 34.7. The zero-order chi connectivity index (χ0) is 31.8. The SMILES string of the molecule is COC(=O)C[C@H]1C(=O)N(CC(=O)O)CCN1C(=O)[C@H](CC(=O)N1CCN(c2ccncc2)CC1)NC(=O)c1ccc(F)cc1.Cl. The quantitative estimate of drug-likeness (QED) is 0.339. The van der Waals surface area contributed by atoms with Crippen molar-refractivity contribution in [3.8, 4) is 0 Å². The monoisotopic (exact) mass is 648 g/mol. The van der Waals surface area contributed by atoms with Crippen molar-refractivity contribution >= 4 is 53.7 Å². The molecule has 0 aliphatic carbocycles. The predicted octanol–water partition coefficient (Wildman–Crippen LogP) is 0.167. The number of aromatic nitrogens is 1. The summed E-state index contributed by atoms with van der Waals surface area (Å²) >= 11 is 0. The van der Waals surface area contributed by atoms with Gasteiger partial charge >= 0.3 is 11.9 Å². The van der Waals surface area contributed by atoms with E-state index in [1.807, 2.05) is 12.1 Å². The van der Waals surface area contributed by atoms with Crippen molar-refractivity contribution in [3.63, 3.8) is 0 Å². The number of nitrogens with one attached hydrogen (secondary N) is 1. The summed E-state index contributed by atoms with van der Waals surface area (Å²) in [7, 11) is 1.11. The summed E-state index contributed by atoms with van der Waals surface area (Å²) in [6.45, 7) is 0.832. The number of anilines is 1. The summed E-state index contributed by atoms with van der Waals surface area (Å²) < 4.78 is 18.2. The molecule has 242 valence electrons. The number of carboxylic acids is 1. The topological polar surface area (TPSA) is 170 Å². The molecule has 2 atom stereocenters. The molecule has 14 nitrogen and oxygen atoms in total. The van der Waals surface area contributed by atoms with Crippen molar-refractivity contribution in [1.29, 1.82) is 0 Å². The molecule has 0 saturated carbocycles. The molecule has 2 saturated heterocycles. The van der Waals surface area contributed by atoms with E-state index in [-0.39, 0.29) is 31.1 Å². The molecule has 4 rings (SSSR count). The molecule has 45 heavy (non-hydrogen) atoms. The molecule has 0 spiro atoms. The van der Waals surface area contributed by atoms with E-state index in [4.69, 9.17) is 4.74 Å². The van der Waals surface area contributed by atoms with Gasteiger partial charge in [-0.3, -0.25) is 33.8 Å². The minimum Gasteiger partial charge on any atom is -0.480 e. The Hall–Kier alpha value is -4.79. The molecule has 0 bridgehead atoms. The van der Waals surface area contributed by atoms with E-state index in [9.17, 15) is 38.3 Å². The Morgan fingerprint density at radius 3 is 2.24 bits per heavy atom. The molecule has 2 aliphatic heterocycles. The van der Waals surface area contributed by atoms with Crippen LogP contribution in [0.4, 0.5) is 10.1 Å². The fourth-order valence-corrected chi connectivity index (χ4v) is 5.18. The first-order valence-corrected chi connectivity index (χ1v) is 13.9. The van der Waals surface area contributed by atoms with Crippen molar-refractivity contribution in [2.24, 2.45) is 0 Å². The van der Waals surface area contributed by atoms with E-state index in [0.29, 0.717) is 26.2 Å². The maximum absolute atomic E-state index is 14.0. The van der Waals surface area contributed by atoms with Crippen LogP contribution in [0.2, 0.25) is 0 Å². The normalized spacial score (nSPS) is 17.2. The first-order chi connectivity index (χ1) is 21.1. The maximum Gasteiger partial charge on any atom is 0.323 e. The number of carbonyl (C=O) groups is 6. The van der Waals surface area contributed by atoms with Gasteiger partial charge in [0.25, 0.3) is 5.91 Å². The van der Waals surface area contributed by atoms with Crippen LogP contribution < -0.4 is 10.2 Å². The number of carbonyl (C=O) groups excluding carboxylic acids is 5. The van der Waals surface area contributed by atoms with Crippen LogP contribution in [-0.2, 0) is 28.7 Å². The van der Waals surface area contributed by atoms with Crippen molar-refractivity contribution in [3.05, 3.63) is 60.2 Å². The Kier molecular flexibility index (Phi) is 12.2. The molecule has 16 heteroatoms. The van der Waals surface area contributed by atoms with E-state index in [0.717, 1.165) is 34.7 Å². The van der Waals surface area contributed by atoms with E-state index in [1.165, 1.54) is 12.1 Å². The van der Waals surface area contributed by atoms with Gasteiger partial charge in [-0.15, -0.1) is 12.4 Å². The number of ether oxygens (including phenoxy) is 1. The summed E-state index contributed by atoms with van der Waals surface area (Å²) in [6, 6.07) is 5.46. The molecule has 1 aromatic heterocycles. The highest BCUT2D eigenvalue weighted by Gasteiger charge is 2.42. The third-order valence-corrected chi connectivity index (χ3v) is 7.53. The zero-order valence-corrected chi connectivity index (χ0v) is 25.3. The Labute approximate surface area is 264 Å². The zero-order valence-electron chi connectivity index (χ0n) is 24.5. The summed E-state index contributed by atoms with van der Waals surface area (Å²) in [5, 5.41) is 11.8. The Balaban J connectivity index is 0.00000552. The summed E-state index contributed by atoms with van der Waals surface area (Å²) in [5.41, 5.74) is 0.992. The summed E-state index contributed by atoms with van der Waals surface area (Å²) in [4.78, 5) is 86.9. The highest BCUT2D eigenvalue weighted by Crippen LogP contribution is 2.20. The largest absolute Gasteiger partial charge is 0.480 e. The van der Waals surface area contributed by atoms with Gasteiger partial charge in [0.05, 0.1) is 20.0 Å². The lowest BCUT2D eigenvalue weighted by Gasteiger charge is -2.41. The number of carboxylic acid groups (broad SMARTS) is 1. The van der Waals surface area contributed by atoms with Crippen LogP contribution in [0.5, 0.6) is 0 Å². The second kappa shape index (κ2) is 15.8. The average Bonchev–Trinajstić information content (AvgIpc) is 3.02. The Morgan fingerprint density at radius 1 is 1.00 bits per heavy atom. The minimum atomic E-state index is -1.45. The van der Waals surface area contributed by atoms with Crippen LogP contribution in [0, 0.1) is 5.82 Å². The molecule has 3 heterocycles. The highest BCUT2D eigenvalue weighted by atomic mass is 35.5. The number of hydrogen-bond acceptors (Lipinski definition) is 9. The van der Waals surface area contributed by atoms with Gasteiger partial charge in [-0.2, -0.15) is 0 Å². The van der Waals surface area contributed by atoms with Gasteiger partial charge in [0, 0.05) is 62.9 Å². The molecule has 1 aromatic carbocycles. The lowest BCUT2D eigenvalue weighted by atomic mass is 10.0. The molecule has 0 unspecified atom stereocenters. The summed E-state index contributed by atoms with van der Waals surface area (Å²) in [6.07, 6.45) is 2.34. The third-order valence-electron chi connectivity index (χ3n) is 7.53. The standard InChI is InChI=1S/C29H33FN6O8.ClH/c1-44-26(40)17-23-29(43)35(18-25(38)39)14-15-36(23)28(42)22(32-27(41)19-2-4-20(30)5-3-19)16-24(37)34-12-10-33(11-13-34)21-6-8-31-9-7-21;/h2-9,22-23H,10-18H2,1H3,(H,32,41)(H,38,39);1H/t22-,23-;/m0./s1.